The summed E-state index contributed by atoms with van der Waals surface area (Å²) in [6.07, 6.45) is 11.7. The van der Waals surface area contributed by atoms with Crippen molar-refractivity contribution in [1.29, 1.82) is 0 Å². The van der Waals surface area contributed by atoms with E-state index in [1.165, 1.54) is 24.6 Å². The standard InChI is InChI=1S/C23H33NO5S.H3N/c1-2-3-4-5-6-7-8-9-10-11-12-13-16-21(30-18-19(24)23(28)29)20(25)15-14-17-22(26)27;/h11-13,16,19-21,25H,2-5,8,14-15,17-18,24H2,1H3,(H,26,27)(H,28,29);1H3/t19-,20-,21+;/m0./s1. The highest BCUT2D eigenvalue weighted by Crippen LogP contribution is 2.21. The molecule has 174 valence electrons. The molecule has 0 saturated heterocycles. The van der Waals surface area contributed by atoms with E-state index in [-0.39, 0.29) is 18.3 Å². The van der Waals surface area contributed by atoms with Gasteiger partial charge in [-0.25, -0.2) is 0 Å². The zero-order valence-electron chi connectivity index (χ0n) is 18.3. The van der Waals surface area contributed by atoms with Crippen molar-refractivity contribution in [2.75, 3.05) is 5.75 Å². The van der Waals surface area contributed by atoms with Crippen LogP contribution in [0.15, 0.2) is 24.3 Å². The first-order valence-corrected chi connectivity index (χ1v) is 11.2. The van der Waals surface area contributed by atoms with Crippen LogP contribution < -0.4 is 11.9 Å². The van der Waals surface area contributed by atoms with E-state index in [0.29, 0.717) is 19.3 Å². The number of hydrogen-bond acceptors (Lipinski definition) is 6. The van der Waals surface area contributed by atoms with Crippen molar-refractivity contribution < 1.29 is 24.9 Å². The molecule has 0 rings (SSSR count). The number of carbonyl (C=O) groups is 2. The molecule has 0 spiro atoms. The predicted octanol–water partition coefficient (Wildman–Crippen LogP) is 3.37. The molecule has 0 fully saturated rings. The molecule has 0 aromatic heterocycles. The third-order valence-electron chi connectivity index (χ3n) is 3.96. The lowest BCUT2D eigenvalue weighted by Crippen LogP contribution is -2.34. The van der Waals surface area contributed by atoms with Gasteiger partial charge in [-0.15, -0.1) is 17.7 Å². The minimum atomic E-state index is -1.10. The molecule has 0 bridgehead atoms. The summed E-state index contributed by atoms with van der Waals surface area (Å²) in [4.78, 5) is 21.5. The second-order valence-corrected chi connectivity index (χ2v) is 7.86. The van der Waals surface area contributed by atoms with Crippen LogP contribution in [0, 0.1) is 23.7 Å². The maximum Gasteiger partial charge on any atom is 0.321 e. The topological polar surface area (TPSA) is 156 Å². The molecule has 0 unspecified atom stereocenters. The highest BCUT2D eigenvalue weighted by molar-refractivity contribution is 8.00. The summed E-state index contributed by atoms with van der Waals surface area (Å²) in [5.41, 5.74) is 5.53. The van der Waals surface area contributed by atoms with E-state index in [2.05, 4.69) is 30.6 Å². The van der Waals surface area contributed by atoms with E-state index in [9.17, 15) is 14.7 Å². The smallest absolute Gasteiger partial charge is 0.321 e. The van der Waals surface area contributed by atoms with Gasteiger partial charge in [0.1, 0.15) is 6.04 Å². The van der Waals surface area contributed by atoms with Gasteiger partial charge in [0, 0.05) is 23.8 Å². The van der Waals surface area contributed by atoms with Gasteiger partial charge in [-0.2, -0.15) is 0 Å². The van der Waals surface area contributed by atoms with Gasteiger partial charge in [0.15, 0.2) is 0 Å². The average molecular weight is 453 g/mol. The molecule has 0 aliphatic heterocycles. The van der Waals surface area contributed by atoms with E-state index in [4.69, 9.17) is 15.9 Å². The summed E-state index contributed by atoms with van der Waals surface area (Å²) in [6, 6.07) is -1.03. The Bertz CT molecular complexity index is 686. The number of aliphatic hydroxyl groups is 1. The number of allylic oxidation sites excluding steroid dienone is 3. The summed E-state index contributed by atoms with van der Waals surface area (Å²) in [5.74, 6) is 10.1. The zero-order chi connectivity index (χ0) is 22.6. The Balaban J connectivity index is 0. The van der Waals surface area contributed by atoms with Gasteiger partial charge in [-0.05, 0) is 25.3 Å². The maximum absolute atomic E-state index is 10.9. The Morgan fingerprint density at radius 3 is 2.48 bits per heavy atom. The van der Waals surface area contributed by atoms with Gasteiger partial charge < -0.3 is 27.2 Å². The minimum Gasteiger partial charge on any atom is -0.481 e. The van der Waals surface area contributed by atoms with Crippen LogP contribution in [0.25, 0.3) is 0 Å². The van der Waals surface area contributed by atoms with E-state index in [1.807, 2.05) is 0 Å². The third-order valence-corrected chi connectivity index (χ3v) is 5.36. The van der Waals surface area contributed by atoms with Crippen molar-refractivity contribution in [1.82, 2.24) is 6.15 Å². The fourth-order valence-corrected chi connectivity index (χ4v) is 3.39. The van der Waals surface area contributed by atoms with Crippen molar-refractivity contribution in [3.8, 4) is 23.7 Å². The molecule has 0 heterocycles. The number of carboxylic acids is 2. The number of nitrogens with two attached hydrogens (primary N) is 1. The summed E-state index contributed by atoms with van der Waals surface area (Å²) in [5, 5.41) is 27.6. The van der Waals surface area contributed by atoms with Gasteiger partial charge in [-0.3, -0.25) is 9.59 Å². The van der Waals surface area contributed by atoms with Gasteiger partial charge in [-0.1, -0.05) is 55.8 Å². The summed E-state index contributed by atoms with van der Waals surface area (Å²) >= 11 is 1.23. The van der Waals surface area contributed by atoms with Crippen molar-refractivity contribution in [2.45, 2.75) is 75.7 Å². The summed E-state index contributed by atoms with van der Waals surface area (Å²) in [6.45, 7) is 2.16. The molecule has 0 aliphatic rings. The molecule has 0 saturated carbocycles. The summed E-state index contributed by atoms with van der Waals surface area (Å²) < 4.78 is 0. The first-order valence-electron chi connectivity index (χ1n) is 10.2. The van der Waals surface area contributed by atoms with Crippen LogP contribution in [0.4, 0.5) is 0 Å². The van der Waals surface area contributed by atoms with Crippen molar-refractivity contribution >= 4 is 23.7 Å². The number of aliphatic carboxylic acids is 2. The fourth-order valence-electron chi connectivity index (χ4n) is 2.25. The van der Waals surface area contributed by atoms with E-state index in [1.54, 1.807) is 24.3 Å². The second-order valence-electron chi connectivity index (χ2n) is 6.65. The molecule has 0 radical (unpaired) electrons. The van der Waals surface area contributed by atoms with Crippen LogP contribution in [-0.4, -0.2) is 50.4 Å². The molecule has 0 amide bonds. The first kappa shape index (κ1) is 31.0. The number of carboxylic acid groups (broad SMARTS) is 2. The number of rotatable bonds is 14. The van der Waals surface area contributed by atoms with Gasteiger partial charge in [0.05, 0.1) is 12.5 Å². The van der Waals surface area contributed by atoms with Gasteiger partial charge >= 0.3 is 11.9 Å². The first-order chi connectivity index (χ1) is 14.4. The van der Waals surface area contributed by atoms with Crippen LogP contribution in [-0.2, 0) is 9.59 Å². The van der Waals surface area contributed by atoms with Gasteiger partial charge in [0.25, 0.3) is 0 Å². The molecule has 3 atom stereocenters. The van der Waals surface area contributed by atoms with E-state index in [0.717, 1.165) is 12.8 Å². The molecule has 0 aliphatic carbocycles. The molecular formula is C23H36N2O5S. The minimum absolute atomic E-state index is 0. The highest BCUT2D eigenvalue weighted by atomic mass is 32.2. The quantitative estimate of drug-likeness (QED) is 0.153. The number of hydrogen-bond donors (Lipinski definition) is 5. The van der Waals surface area contributed by atoms with Crippen LogP contribution in [0.5, 0.6) is 0 Å². The summed E-state index contributed by atoms with van der Waals surface area (Å²) in [7, 11) is 0. The molecule has 8 heteroatoms. The largest absolute Gasteiger partial charge is 0.481 e. The molecular weight excluding hydrogens is 416 g/mol. The third kappa shape index (κ3) is 19.5. The number of unbranched alkanes of at least 4 members (excludes halogenated alkanes) is 3. The van der Waals surface area contributed by atoms with Crippen molar-refractivity contribution in [3.63, 3.8) is 0 Å². The second kappa shape index (κ2) is 21.0. The lowest BCUT2D eigenvalue weighted by Gasteiger charge is -2.20. The lowest BCUT2D eigenvalue weighted by atomic mass is 10.1. The van der Waals surface area contributed by atoms with E-state index >= 15 is 0 Å². The predicted molar refractivity (Wildman–Crippen MR) is 127 cm³/mol. The Labute approximate surface area is 190 Å². The Kier molecular flexibility index (Phi) is 21.0. The molecule has 7 nitrogen and oxygen atoms in total. The SMILES string of the molecule is CCCCCC#CCC#CC=CC=C[C@@H](SC[C@H](N)C(=O)O)[C@@H](O)CCCC(=O)O.N. The maximum atomic E-state index is 10.9. The van der Waals surface area contributed by atoms with Crippen LogP contribution in [0.1, 0.15) is 58.3 Å². The Morgan fingerprint density at radius 1 is 1.10 bits per heavy atom. The van der Waals surface area contributed by atoms with Crippen LogP contribution >= 0.6 is 11.8 Å². The van der Waals surface area contributed by atoms with E-state index < -0.39 is 29.3 Å². The number of thioether (sulfide) groups is 1. The molecule has 0 aromatic carbocycles. The Morgan fingerprint density at radius 2 is 1.84 bits per heavy atom. The average Bonchev–Trinajstić information content (AvgIpc) is 2.70. The van der Waals surface area contributed by atoms with Crippen molar-refractivity contribution in [3.05, 3.63) is 24.3 Å². The van der Waals surface area contributed by atoms with Crippen molar-refractivity contribution in [2.24, 2.45) is 5.73 Å². The monoisotopic (exact) mass is 452 g/mol. The fraction of sp³-hybridized carbons (Fsp3) is 0.565. The van der Waals surface area contributed by atoms with Crippen LogP contribution in [0.2, 0.25) is 0 Å². The molecule has 0 aromatic rings. The van der Waals surface area contributed by atoms with Gasteiger partial charge in [0.2, 0.25) is 0 Å². The number of aliphatic hydroxyl groups excluding tert-OH is 1. The Hall–Kier alpha value is -2.23. The highest BCUT2D eigenvalue weighted by Gasteiger charge is 2.20. The zero-order valence-corrected chi connectivity index (χ0v) is 19.1. The lowest BCUT2D eigenvalue weighted by molar-refractivity contribution is -0.138. The molecule has 8 N–H and O–H groups in total. The molecule has 31 heavy (non-hydrogen) atoms. The van der Waals surface area contributed by atoms with Crippen LogP contribution in [0.3, 0.4) is 0 Å². The normalized spacial score (nSPS) is 13.4.